The number of carbonyl (C=O) groups excluding carboxylic acids is 3. The number of para-hydroxylation sites is 1. The van der Waals surface area contributed by atoms with Crippen LogP contribution >= 0.6 is 0 Å². The highest BCUT2D eigenvalue weighted by molar-refractivity contribution is 7.89. The highest BCUT2D eigenvalue weighted by Gasteiger charge is 2.27. The van der Waals surface area contributed by atoms with Crippen LogP contribution in [-0.2, 0) is 26.1 Å². The summed E-state index contributed by atoms with van der Waals surface area (Å²) in [6, 6.07) is 18.3. The highest BCUT2D eigenvalue weighted by Crippen LogP contribution is 2.27. The van der Waals surface area contributed by atoms with Gasteiger partial charge in [0.2, 0.25) is 10.0 Å². The first kappa shape index (κ1) is 30.7. The molecule has 1 aliphatic rings. The van der Waals surface area contributed by atoms with Crippen LogP contribution in [0.1, 0.15) is 57.5 Å². The number of anilines is 1. The lowest BCUT2D eigenvalue weighted by atomic mass is 10.1. The van der Waals surface area contributed by atoms with Crippen molar-refractivity contribution in [3.8, 4) is 5.75 Å². The van der Waals surface area contributed by atoms with Crippen molar-refractivity contribution in [3.05, 3.63) is 89.0 Å². The smallest absolute Gasteiger partial charge is 0.342 e. The third kappa shape index (κ3) is 7.74. The first-order chi connectivity index (χ1) is 20.2. The maximum atomic E-state index is 13.2. The minimum atomic E-state index is -3.82. The Morgan fingerprint density at radius 1 is 0.881 bits per heavy atom. The van der Waals surface area contributed by atoms with Gasteiger partial charge in [-0.25, -0.2) is 13.2 Å². The van der Waals surface area contributed by atoms with Crippen molar-refractivity contribution in [1.82, 2.24) is 9.62 Å². The maximum Gasteiger partial charge on any atom is 0.342 e. The fraction of sp³-hybridized carbons (Fsp3) is 0.323. The van der Waals surface area contributed by atoms with Crippen LogP contribution < -0.4 is 15.4 Å². The molecule has 0 radical (unpaired) electrons. The standard InChI is InChI=1S/C31H35N3O7S/c1-22-11-13-23(14-12-22)20-32-30(36)25-9-5-6-10-27(25)33-29(35)21-41-31(37)26-19-24(15-16-28(26)40-2)42(38,39)34-17-7-3-4-8-18-34/h5-6,9-16,19H,3-4,7-8,17-18,20-21H2,1-2H3,(H,32,36)(H,33,35). The normalized spacial score (nSPS) is 14.0. The Bertz CT molecular complexity index is 1530. The van der Waals surface area contributed by atoms with Crippen LogP contribution in [0.2, 0.25) is 0 Å². The number of benzene rings is 3. The number of nitrogens with one attached hydrogen (secondary N) is 2. The zero-order valence-electron chi connectivity index (χ0n) is 23.7. The van der Waals surface area contributed by atoms with Crippen molar-refractivity contribution < 1.29 is 32.3 Å². The predicted octanol–water partition coefficient (Wildman–Crippen LogP) is 4.29. The summed E-state index contributed by atoms with van der Waals surface area (Å²) < 4.78 is 38.4. The highest BCUT2D eigenvalue weighted by atomic mass is 32.2. The maximum absolute atomic E-state index is 13.2. The van der Waals surface area contributed by atoms with Gasteiger partial charge in [-0.15, -0.1) is 0 Å². The van der Waals surface area contributed by atoms with Gasteiger partial charge in [-0.3, -0.25) is 9.59 Å². The van der Waals surface area contributed by atoms with E-state index in [0.29, 0.717) is 19.6 Å². The molecule has 10 nitrogen and oxygen atoms in total. The first-order valence-corrected chi connectivity index (χ1v) is 15.2. The summed E-state index contributed by atoms with van der Waals surface area (Å²) in [6.45, 7) is 2.46. The molecule has 11 heteroatoms. The van der Waals surface area contributed by atoms with Crippen LogP contribution in [0.4, 0.5) is 5.69 Å². The van der Waals surface area contributed by atoms with Crippen molar-refractivity contribution >= 4 is 33.5 Å². The molecule has 0 saturated carbocycles. The van der Waals surface area contributed by atoms with E-state index in [2.05, 4.69) is 10.6 Å². The number of carbonyl (C=O) groups is 3. The van der Waals surface area contributed by atoms with Gasteiger partial charge in [-0.2, -0.15) is 4.31 Å². The molecule has 0 aromatic heterocycles. The molecule has 0 unspecified atom stereocenters. The molecule has 1 fully saturated rings. The number of esters is 1. The molecule has 0 bridgehead atoms. The lowest BCUT2D eigenvalue weighted by Gasteiger charge is -2.20. The van der Waals surface area contributed by atoms with E-state index in [9.17, 15) is 22.8 Å². The number of aryl methyl sites for hydroxylation is 1. The SMILES string of the molecule is COc1ccc(S(=O)(=O)N2CCCCCC2)cc1C(=O)OCC(=O)Nc1ccccc1C(=O)NCc1ccc(C)cc1. The predicted molar refractivity (Wildman–Crippen MR) is 158 cm³/mol. The van der Waals surface area contributed by atoms with E-state index in [1.54, 1.807) is 24.3 Å². The number of ether oxygens (including phenoxy) is 2. The van der Waals surface area contributed by atoms with Gasteiger partial charge in [-0.1, -0.05) is 54.8 Å². The van der Waals surface area contributed by atoms with E-state index < -0.39 is 28.5 Å². The molecule has 3 aromatic carbocycles. The Balaban J connectivity index is 1.40. The topological polar surface area (TPSA) is 131 Å². The number of rotatable bonds is 10. The average molecular weight is 594 g/mol. The number of methoxy groups -OCH3 is 1. The third-order valence-corrected chi connectivity index (χ3v) is 8.84. The van der Waals surface area contributed by atoms with Gasteiger partial charge in [0, 0.05) is 19.6 Å². The summed E-state index contributed by atoms with van der Waals surface area (Å²) in [5.41, 5.74) is 2.43. The number of sulfonamides is 1. The van der Waals surface area contributed by atoms with Gasteiger partial charge in [-0.05, 0) is 55.7 Å². The minimum absolute atomic E-state index is 0.0489. The Morgan fingerprint density at radius 3 is 2.26 bits per heavy atom. The van der Waals surface area contributed by atoms with E-state index in [-0.39, 0.29) is 33.4 Å². The molecule has 1 saturated heterocycles. The fourth-order valence-electron chi connectivity index (χ4n) is 4.61. The van der Waals surface area contributed by atoms with Crippen LogP contribution in [-0.4, -0.2) is 57.3 Å². The molecule has 222 valence electrons. The Kier molecular flexibility index (Phi) is 10.3. The summed E-state index contributed by atoms with van der Waals surface area (Å²) in [5, 5.41) is 5.44. The van der Waals surface area contributed by atoms with Gasteiger partial charge < -0.3 is 20.1 Å². The Labute approximate surface area is 246 Å². The molecule has 1 heterocycles. The second kappa shape index (κ2) is 14.1. The number of hydrogen-bond acceptors (Lipinski definition) is 7. The van der Waals surface area contributed by atoms with Crippen LogP contribution in [0, 0.1) is 6.92 Å². The molecular formula is C31H35N3O7S. The molecule has 0 atom stereocenters. The molecule has 2 N–H and O–H groups in total. The quantitative estimate of drug-likeness (QED) is 0.335. The van der Waals surface area contributed by atoms with E-state index in [1.165, 1.54) is 29.6 Å². The summed E-state index contributed by atoms with van der Waals surface area (Å²) in [6.07, 6.45) is 3.49. The van der Waals surface area contributed by atoms with Crippen LogP contribution in [0.5, 0.6) is 5.75 Å². The molecule has 1 aliphatic heterocycles. The molecule has 0 spiro atoms. The van der Waals surface area contributed by atoms with Crippen molar-refractivity contribution in [2.24, 2.45) is 0 Å². The average Bonchev–Trinajstić information content (AvgIpc) is 3.30. The minimum Gasteiger partial charge on any atom is -0.496 e. The van der Waals surface area contributed by atoms with E-state index in [1.807, 2.05) is 31.2 Å². The number of nitrogens with zero attached hydrogens (tertiary/aromatic N) is 1. The van der Waals surface area contributed by atoms with Gasteiger partial charge in [0.05, 0.1) is 23.3 Å². The molecule has 42 heavy (non-hydrogen) atoms. The zero-order valence-corrected chi connectivity index (χ0v) is 24.5. The van der Waals surface area contributed by atoms with E-state index >= 15 is 0 Å². The van der Waals surface area contributed by atoms with Crippen molar-refractivity contribution in [3.63, 3.8) is 0 Å². The summed E-state index contributed by atoms with van der Waals surface area (Å²) in [5.74, 6) is -1.85. The molecule has 3 aromatic rings. The third-order valence-electron chi connectivity index (χ3n) is 6.95. The van der Waals surface area contributed by atoms with Crippen LogP contribution in [0.3, 0.4) is 0 Å². The second-order valence-electron chi connectivity index (χ2n) is 10.0. The summed E-state index contributed by atoms with van der Waals surface area (Å²) in [4.78, 5) is 38.4. The largest absolute Gasteiger partial charge is 0.496 e. The van der Waals surface area contributed by atoms with Crippen LogP contribution in [0.15, 0.2) is 71.6 Å². The van der Waals surface area contributed by atoms with E-state index in [0.717, 1.165) is 36.8 Å². The molecular weight excluding hydrogens is 558 g/mol. The van der Waals surface area contributed by atoms with Gasteiger partial charge >= 0.3 is 5.97 Å². The van der Waals surface area contributed by atoms with E-state index in [4.69, 9.17) is 9.47 Å². The first-order valence-electron chi connectivity index (χ1n) is 13.8. The summed E-state index contributed by atoms with van der Waals surface area (Å²) >= 11 is 0. The lowest BCUT2D eigenvalue weighted by Crippen LogP contribution is -2.32. The van der Waals surface area contributed by atoms with Gasteiger partial charge in [0.1, 0.15) is 11.3 Å². The van der Waals surface area contributed by atoms with Gasteiger partial charge in [0.25, 0.3) is 11.8 Å². The summed E-state index contributed by atoms with van der Waals surface area (Å²) in [7, 11) is -2.47. The number of amides is 2. The molecule has 2 amide bonds. The van der Waals surface area contributed by atoms with Crippen molar-refractivity contribution in [2.75, 3.05) is 32.1 Å². The van der Waals surface area contributed by atoms with Crippen LogP contribution in [0.25, 0.3) is 0 Å². The second-order valence-corrected chi connectivity index (χ2v) is 12.0. The Morgan fingerprint density at radius 2 is 1.57 bits per heavy atom. The monoisotopic (exact) mass is 593 g/mol. The fourth-order valence-corrected chi connectivity index (χ4v) is 6.15. The van der Waals surface area contributed by atoms with Crippen molar-refractivity contribution in [2.45, 2.75) is 44.0 Å². The molecule has 0 aliphatic carbocycles. The van der Waals surface area contributed by atoms with Gasteiger partial charge in [0.15, 0.2) is 6.61 Å². The lowest BCUT2D eigenvalue weighted by molar-refractivity contribution is -0.119. The zero-order chi connectivity index (χ0) is 30.1. The number of hydrogen-bond donors (Lipinski definition) is 2. The van der Waals surface area contributed by atoms with Crippen molar-refractivity contribution in [1.29, 1.82) is 0 Å². The Hall–Kier alpha value is -4.22. The molecule has 4 rings (SSSR count).